The highest BCUT2D eigenvalue weighted by Gasteiger charge is 1.83. The second-order valence-corrected chi connectivity index (χ2v) is 4.83. The molecule has 0 aliphatic rings. The van der Waals surface area contributed by atoms with Gasteiger partial charge >= 0.3 is 0 Å². The van der Waals surface area contributed by atoms with Gasteiger partial charge in [-0.2, -0.15) is 0 Å². The van der Waals surface area contributed by atoms with E-state index in [9.17, 15) is 4.79 Å². The van der Waals surface area contributed by atoms with E-state index >= 15 is 0 Å². The molecule has 1 nitrogen and oxygen atoms in total. The summed E-state index contributed by atoms with van der Waals surface area (Å²) in [6, 6.07) is 0. The molecule has 0 radical (unpaired) electrons. The molecular formula is C18H30O. The van der Waals surface area contributed by atoms with Gasteiger partial charge in [0.15, 0.2) is 0 Å². The van der Waals surface area contributed by atoms with Gasteiger partial charge in [0.2, 0.25) is 0 Å². The van der Waals surface area contributed by atoms with Crippen LogP contribution in [-0.4, -0.2) is 6.29 Å². The van der Waals surface area contributed by atoms with Crippen molar-refractivity contribution < 1.29 is 4.79 Å². The van der Waals surface area contributed by atoms with E-state index in [0.717, 1.165) is 38.4 Å². The molecule has 0 heterocycles. The van der Waals surface area contributed by atoms with Gasteiger partial charge in [-0.3, -0.25) is 0 Å². The molecule has 0 aromatic carbocycles. The van der Waals surface area contributed by atoms with Crippen molar-refractivity contribution in [3.05, 3.63) is 36.5 Å². The molecule has 0 spiro atoms. The molecular weight excluding hydrogens is 232 g/mol. The van der Waals surface area contributed by atoms with Crippen molar-refractivity contribution in [2.45, 2.75) is 71.1 Å². The van der Waals surface area contributed by atoms with Crippen LogP contribution in [0.25, 0.3) is 0 Å². The Balaban J connectivity index is 3.28. The molecule has 0 aliphatic heterocycles. The van der Waals surface area contributed by atoms with Gasteiger partial charge in [-0.25, -0.2) is 0 Å². The minimum atomic E-state index is 0.707. The Kier molecular flexibility index (Phi) is 15.9. The van der Waals surface area contributed by atoms with Crippen LogP contribution in [0, 0.1) is 0 Å². The summed E-state index contributed by atoms with van der Waals surface area (Å²) in [7, 11) is 0. The Bertz CT molecular complexity index is 261. The van der Waals surface area contributed by atoms with Crippen molar-refractivity contribution in [2.24, 2.45) is 0 Å². The molecule has 0 aromatic heterocycles. The second-order valence-electron chi connectivity index (χ2n) is 4.83. The summed E-state index contributed by atoms with van der Waals surface area (Å²) in [6.45, 7) is 2.24. The molecule has 0 rings (SSSR count). The van der Waals surface area contributed by atoms with Crippen molar-refractivity contribution in [2.75, 3.05) is 0 Å². The number of carbonyl (C=O) groups excluding carboxylic acids is 1. The van der Waals surface area contributed by atoms with E-state index in [0.29, 0.717) is 6.42 Å². The summed E-state index contributed by atoms with van der Waals surface area (Å²) in [5.74, 6) is 0. The molecule has 0 N–H and O–H groups in total. The summed E-state index contributed by atoms with van der Waals surface area (Å²) in [5.41, 5.74) is 0. The minimum absolute atomic E-state index is 0.707. The number of unbranched alkanes of at least 4 members (excludes halogenated alkanes) is 6. The van der Waals surface area contributed by atoms with Crippen LogP contribution in [0.3, 0.4) is 0 Å². The molecule has 0 saturated carbocycles. The minimum Gasteiger partial charge on any atom is -0.303 e. The van der Waals surface area contributed by atoms with Crippen molar-refractivity contribution in [1.82, 2.24) is 0 Å². The molecule has 0 amide bonds. The maximum absolute atomic E-state index is 10.1. The van der Waals surface area contributed by atoms with E-state index in [2.05, 4.69) is 43.4 Å². The Labute approximate surface area is 119 Å². The van der Waals surface area contributed by atoms with E-state index in [4.69, 9.17) is 0 Å². The monoisotopic (exact) mass is 262 g/mol. The summed E-state index contributed by atoms with van der Waals surface area (Å²) in [5, 5.41) is 0. The normalized spacial score (nSPS) is 12.1. The number of aldehydes is 1. The van der Waals surface area contributed by atoms with Crippen LogP contribution < -0.4 is 0 Å². The molecule has 1 heteroatoms. The third-order valence-electron chi connectivity index (χ3n) is 2.96. The number of rotatable bonds is 13. The van der Waals surface area contributed by atoms with Crippen molar-refractivity contribution in [3.8, 4) is 0 Å². The average molecular weight is 262 g/mol. The molecule has 0 aliphatic carbocycles. The first-order valence-electron chi connectivity index (χ1n) is 7.80. The number of allylic oxidation sites excluding steroid dienone is 6. The maximum Gasteiger partial charge on any atom is 0.119 e. The van der Waals surface area contributed by atoms with Crippen LogP contribution in [0.15, 0.2) is 36.5 Å². The second kappa shape index (κ2) is 16.9. The lowest BCUT2D eigenvalue weighted by molar-refractivity contribution is -0.107. The van der Waals surface area contributed by atoms with E-state index in [1.54, 1.807) is 0 Å². The molecule has 19 heavy (non-hydrogen) atoms. The van der Waals surface area contributed by atoms with Gasteiger partial charge in [0.25, 0.3) is 0 Å². The van der Waals surface area contributed by atoms with Gasteiger partial charge in [0, 0.05) is 6.42 Å². The molecule has 108 valence electrons. The van der Waals surface area contributed by atoms with Crippen LogP contribution in [0.4, 0.5) is 0 Å². The van der Waals surface area contributed by atoms with Crippen molar-refractivity contribution >= 4 is 6.29 Å². The van der Waals surface area contributed by atoms with E-state index in [1.165, 1.54) is 25.7 Å². The van der Waals surface area contributed by atoms with Crippen LogP contribution >= 0.6 is 0 Å². The topological polar surface area (TPSA) is 17.1 Å². The molecule has 0 aromatic rings. The van der Waals surface area contributed by atoms with Crippen LogP contribution in [0.5, 0.6) is 0 Å². The average Bonchev–Trinajstić information content (AvgIpc) is 2.43. The fraction of sp³-hybridized carbons (Fsp3) is 0.611. The molecule has 0 unspecified atom stereocenters. The predicted octanol–water partition coefficient (Wildman–Crippen LogP) is 5.77. The number of hydrogen-bond donors (Lipinski definition) is 0. The lowest BCUT2D eigenvalue weighted by Gasteiger charge is -1.91. The Morgan fingerprint density at radius 3 is 1.63 bits per heavy atom. The van der Waals surface area contributed by atoms with E-state index < -0.39 is 0 Å². The Hall–Kier alpha value is -1.11. The smallest absolute Gasteiger partial charge is 0.119 e. The Morgan fingerprint density at radius 1 is 0.632 bits per heavy atom. The number of carbonyl (C=O) groups is 1. The Morgan fingerprint density at radius 2 is 1.11 bits per heavy atom. The third-order valence-corrected chi connectivity index (χ3v) is 2.96. The molecule has 0 fully saturated rings. The van der Waals surface area contributed by atoms with Gasteiger partial charge in [-0.05, 0) is 44.9 Å². The lowest BCUT2D eigenvalue weighted by Crippen LogP contribution is -1.75. The van der Waals surface area contributed by atoms with E-state index in [1.807, 2.05) is 0 Å². The third kappa shape index (κ3) is 16.9. The van der Waals surface area contributed by atoms with Gasteiger partial charge in [-0.1, -0.05) is 56.2 Å². The van der Waals surface area contributed by atoms with Crippen molar-refractivity contribution in [1.29, 1.82) is 0 Å². The highest BCUT2D eigenvalue weighted by molar-refractivity contribution is 5.48. The highest BCUT2D eigenvalue weighted by atomic mass is 16.1. The first-order chi connectivity index (χ1) is 9.41. The molecule has 0 saturated heterocycles. The molecule has 0 bridgehead atoms. The zero-order chi connectivity index (χ0) is 14.0. The lowest BCUT2D eigenvalue weighted by atomic mass is 10.2. The van der Waals surface area contributed by atoms with E-state index in [-0.39, 0.29) is 0 Å². The first-order valence-corrected chi connectivity index (χ1v) is 7.80. The fourth-order valence-corrected chi connectivity index (χ4v) is 1.78. The summed E-state index contributed by atoms with van der Waals surface area (Å²) >= 11 is 0. The van der Waals surface area contributed by atoms with Crippen LogP contribution in [0.2, 0.25) is 0 Å². The van der Waals surface area contributed by atoms with Gasteiger partial charge in [-0.15, -0.1) is 0 Å². The zero-order valence-corrected chi connectivity index (χ0v) is 12.5. The summed E-state index contributed by atoms with van der Waals surface area (Å²) in [4.78, 5) is 10.1. The van der Waals surface area contributed by atoms with Gasteiger partial charge in [0.1, 0.15) is 6.29 Å². The van der Waals surface area contributed by atoms with Crippen LogP contribution in [-0.2, 0) is 4.79 Å². The predicted molar refractivity (Wildman–Crippen MR) is 85.3 cm³/mol. The quantitative estimate of drug-likeness (QED) is 0.234. The summed E-state index contributed by atoms with van der Waals surface area (Å²) < 4.78 is 0. The zero-order valence-electron chi connectivity index (χ0n) is 12.5. The van der Waals surface area contributed by atoms with Crippen molar-refractivity contribution in [3.63, 3.8) is 0 Å². The van der Waals surface area contributed by atoms with Gasteiger partial charge < -0.3 is 4.79 Å². The van der Waals surface area contributed by atoms with Crippen LogP contribution in [0.1, 0.15) is 71.1 Å². The highest BCUT2D eigenvalue weighted by Crippen LogP contribution is 2.01. The maximum atomic E-state index is 10.1. The molecule has 0 atom stereocenters. The first kappa shape index (κ1) is 17.9. The summed E-state index contributed by atoms with van der Waals surface area (Å²) in [6.07, 6.45) is 25.7. The standard InChI is InChI=1S/C18H30O/c1-2-3-4-5-6-7-8-9-10-11-12-13-14-15-16-17-18-19/h6-7,9-10,12-13,18H,2-5,8,11,14-17H2,1H3/b7-6?,10-9?,13-12-. The SMILES string of the molecule is CCCCCC=CCC=CC/C=C\CCCCC=O. The van der Waals surface area contributed by atoms with Gasteiger partial charge in [0.05, 0.1) is 0 Å². The largest absolute Gasteiger partial charge is 0.303 e. The number of hydrogen-bond acceptors (Lipinski definition) is 1. The fourth-order valence-electron chi connectivity index (χ4n) is 1.78.